The molecule has 50 valence electrons. The summed E-state index contributed by atoms with van der Waals surface area (Å²) in [5, 5.41) is 0. The molecule has 0 aliphatic rings. The first-order chi connectivity index (χ1) is 4.35. The minimum Gasteiger partial charge on any atom is -0.325 e. The van der Waals surface area contributed by atoms with Crippen molar-refractivity contribution in [3.8, 4) is 0 Å². The van der Waals surface area contributed by atoms with Crippen molar-refractivity contribution in [3.63, 3.8) is 0 Å². The molecule has 2 nitrogen and oxygen atoms in total. The second-order valence-electron chi connectivity index (χ2n) is 1.50. The third kappa shape index (κ3) is 3.67. The number of hydrogen-bond acceptors (Lipinski definition) is 2. The van der Waals surface area contributed by atoms with Gasteiger partial charge >= 0.3 is 0 Å². The van der Waals surface area contributed by atoms with Crippen molar-refractivity contribution in [1.29, 1.82) is 0 Å². The summed E-state index contributed by atoms with van der Waals surface area (Å²) in [5.74, 6) is 0. The van der Waals surface area contributed by atoms with E-state index in [1.165, 1.54) is 0 Å². The highest BCUT2D eigenvalue weighted by Crippen LogP contribution is 1.89. The predicted octanol–water partition coefficient (Wildman–Crippen LogP) is 1.11. The molecular weight excluding hydrogens is 112 g/mol. The molecule has 0 bridgehead atoms. The summed E-state index contributed by atoms with van der Waals surface area (Å²) < 4.78 is 0. The quantitative estimate of drug-likeness (QED) is 0.562. The van der Waals surface area contributed by atoms with Crippen LogP contribution in [0.4, 0.5) is 0 Å². The molecule has 0 heterocycles. The van der Waals surface area contributed by atoms with E-state index in [-0.39, 0.29) is 0 Å². The van der Waals surface area contributed by atoms with Crippen molar-refractivity contribution in [2.45, 2.75) is 6.92 Å². The summed E-state index contributed by atoms with van der Waals surface area (Å²) in [4.78, 5) is 3.97. The Balaban J connectivity index is 3.84. The fraction of sp³-hybridized carbons (Fsp3) is 0.286. The van der Waals surface area contributed by atoms with Crippen molar-refractivity contribution in [1.82, 2.24) is 0 Å². The lowest BCUT2D eigenvalue weighted by Crippen LogP contribution is -2.00. The van der Waals surface area contributed by atoms with Crippen molar-refractivity contribution < 1.29 is 0 Å². The van der Waals surface area contributed by atoms with Crippen LogP contribution in [0.3, 0.4) is 0 Å². The number of aliphatic imine (C=N–C) groups is 1. The highest BCUT2D eigenvalue weighted by Gasteiger charge is 1.81. The molecule has 0 rings (SSSR count). The molecule has 9 heavy (non-hydrogen) atoms. The zero-order chi connectivity index (χ0) is 7.11. The number of nitrogens with zero attached hydrogens (tertiary/aromatic N) is 1. The molecule has 0 saturated carbocycles. The molecule has 0 saturated heterocycles. The average Bonchev–Trinajstić information content (AvgIpc) is 1.91. The molecule has 0 amide bonds. The van der Waals surface area contributed by atoms with E-state index in [1.807, 2.05) is 13.0 Å². The van der Waals surface area contributed by atoms with Gasteiger partial charge in [-0.15, -0.1) is 0 Å². The Morgan fingerprint density at radius 3 is 2.78 bits per heavy atom. The summed E-state index contributed by atoms with van der Waals surface area (Å²) >= 11 is 0. The van der Waals surface area contributed by atoms with Gasteiger partial charge in [-0.2, -0.15) is 0 Å². The van der Waals surface area contributed by atoms with E-state index in [0.29, 0.717) is 6.54 Å². The number of rotatable bonds is 3. The summed E-state index contributed by atoms with van der Waals surface area (Å²) in [6.45, 7) is 5.88. The zero-order valence-electron chi connectivity index (χ0n) is 5.67. The van der Waals surface area contributed by atoms with Crippen molar-refractivity contribution in [3.05, 3.63) is 24.4 Å². The Bertz CT molecular complexity index is 134. The van der Waals surface area contributed by atoms with Gasteiger partial charge in [0, 0.05) is 18.5 Å². The van der Waals surface area contributed by atoms with E-state index in [9.17, 15) is 0 Å². The first-order valence-corrected chi connectivity index (χ1v) is 2.85. The molecule has 0 aromatic rings. The van der Waals surface area contributed by atoms with E-state index in [4.69, 9.17) is 5.73 Å². The van der Waals surface area contributed by atoms with Crippen LogP contribution in [0.1, 0.15) is 6.92 Å². The molecule has 0 fully saturated rings. The standard InChI is InChI=1S/C7H12N2/c1-3-5-9-7(4-2)6-8/h3-5H,1,6,8H2,2H3/b7-4-,9-5?. The van der Waals surface area contributed by atoms with Gasteiger partial charge in [0.2, 0.25) is 0 Å². The van der Waals surface area contributed by atoms with Gasteiger partial charge < -0.3 is 5.73 Å². The maximum Gasteiger partial charge on any atom is 0.0496 e. The second-order valence-corrected chi connectivity index (χ2v) is 1.50. The predicted molar refractivity (Wildman–Crippen MR) is 41.5 cm³/mol. The first kappa shape index (κ1) is 8.11. The molecule has 0 spiro atoms. The Hall–Kier alpha value is -0.890. The molecule has 2 N–H and O–H groups in total. The average molecular weight is 124 g/mol. The Kier molecular flexibility index (Phi) is 4.73. The third-order valence-electron chi connectivity index (χ3n) is 0.888. The maximum atomic E-state index is 5.31. The van der Waals surface area contributed by atoms with Gasteiger partial charge in [-0.3, -0.25) is 4.99 Å². The van der Waals surface area contributed by atoms with Crippen LogP contribution in [0.5, 0.6) is 0 Å². The summed E-state index contributed by atoms with van der Waals surface area (Å²) in [5.41, 5.74) is 6.19. The highest BCUT2D eigenvalue weighted by atomic mass is 14.8. The molecule has 0 aliphatic heterocycles. The smallest absolute Gasteiger partial charge is 0.0496 e. The van der Waals surface area contributed by atoms with Crippen LogP contribution in [0.25, 0.3) is 0 Å². The topological polar surface area (TPSA) is 38.4 Å². The van der Waals surface area contributed by atoms with Crippen LogP contribution < -0.4 is 5.73 Å². The van der Waals surface area contributed by atoms with Crippen LogP contribution in [-0.2, 0) is 0 Å². The normalized spacial score (nSPS) is 12.4. The maximum absolute atomic E-state index is 5.31. The van der Waals surface area contributed by atoms with Gasteiger partial charge in [-0.25, -0.2) is 0 Å². The number of allylic oxidation sites excluding steroid dienone is 2. The molecule has 0 atom stereocenters. The van der Waals surface area contributed by atoms with Gasteiger partial charge in [0.25, 0.3) is 0 Å². The first-order valence-electron chi connectivity index (χ1n) is 2.85. The Morgan fingerprint density at radius 2 is 2.44 bits per heavy atom. The van der Waals surface area contributed by atoms with E-state index < -0.39 is 0 Å². The molecule has 0 unspecified atom stereocenters. The molecule has 2 heteroatoms. The number of hydrogen-bond donors (Lipinski definition) is 1. The van der Waals surface area contributed by atoms with Crippen molar-refractivity contribution in [2.24, 2.45) is 10.7 Å². The number of nitrogens with two attached hydrogens (primary N) is 1. The highest BCUT2D eigenvalue weighted by molar-refractivity contribution is 5.71. The van der Waals surface area contributed by atoms with Crippen LogP contribution in [-0.4, -0.2) is 12.8 Å². The minimum absolute atomic E-state index is 0.487. The lowest BCUT2D eigenvalue weighted by atomic mass is 10.4. The van der Waals surface area contributed by atoms with Crippen molar-refractivity contribution >= 4 is 6.21 Å². The van der Waals surface area contributed by atoms with E-state index in [2.05, 4.69) is 11.6 Å². The summed E-state index contributed by atoms with van der Waals surface area (Å²) in [6.07, 6.45) is 5.13. The van der Waals surface area contributed by atoms with Gasteiger partial charge in [-0.05, 0) is 6.92 Å². The largest absolute Gasteiger partial charge is 0.325 e. The summed E-state index contributed by atoms with van der Waals surface area (Å²) in [7, 11) is 0. The fourth-order valence-corrected chi connectivity index (χ4v) is 0.394. The Labute approximate surface area is 55.8 Å². The molecule has 0 radical (unpaired) electrons. The molecule has 0 aliphatic carbocycles. The van der Waals surface area contributed by atoms with E-state index in [0.717, 1.165) is 5.70 Å². The van der Waals surface area contributed by atoms with Gasteiger partial charge in [0.15, 0.2) is 0 Å². The molecular formula is C7H12N2. The van der Waals surface area contributed by atoms with Gasteiger partial charge in [0.05, 0.1) is 0 Å². The zero-order valence-corrected chi connectivity index (χ0v) is 5.67. The summed E-state index contributed by atoms with van der Waals surface area (Å²) in [6, 6.07) is 0. The van der Waals surface area contributed by atoms with Crippen LogP contribution in [0.15, 0.2) is 29.4 Å². The van der Waals surface area contributed by atoms with E-state index in [1.54, 1.807) is 12.3 Å². The monoisotopic (exact) mass is 124 g/mol. The lowest BCUT2D eigenvalue weighted by molar-refractivity contribution is 1.10. The third-order valence-corrected chi connectivity index (χ3v) is 0.888. The second kappa shape index (κ2) is 5.25. The molecule has 0 aromatic carbocycles. The molecule has 0 aromatic heterocycles. The SMILES string of the molecule is C=CC=N/C(=C\C)CN. The van der Waals surface area contributed by atoms with Gasteiger partial charge in [0.1, 0.15) is 0 Å². The minimum atomic E-state index is 0.487. The fourth-order valence-electron chi connectivity index (χ4n) is 0.394. The van der Waals surface area contributed by atoms with Crippen LogP contribution in [0.2, 0.25) is 0 Å². The Morgan fingerprint density at radius 1 is 1.78 bits per heavy atom. The van der Waals surface area contributed by atoms with Crippen molar-refractivity contribution in [2.75, 3.05) is 6.54 Å². The van der Waals surface area contributed by atoms with Crippen LogP contribution >= 0.6 is 0 Å². The van der Waals surface area contributed by atoms with E-state index >= 15 is 0 Å². The van der Waals surface area contributed by atoms with Gasteiger partial charge in [-0.1, -0.05) is 18.7 Å². The van der Waals surface area contributed by atoms with Crippen LogP contribution in [0, 0.1) is 0 Å². The lowest BCUT2D eigenvalue weighted by Gasteiger charge is -1.90.